The van der Waals surface area contributed by atoms with Crippen LogP contribution in [0.5, 0.6) is 11.5 Å². The van der Waals surface area contributed by atoms with E-state index >= 15 is 0 Å². The van der Waals surface area contributed by atoms with Gasteiger partial charge in [-0.2, -0.15) is 0 Å². The Hall–Kier alpha value is -3.17. The lowest BCUT2D eigenvalue weighted by Crippen LogP contribution is -2.39. The molecule has 1 aliphatic rings. The molecule has 9 heteroatoms. The molecular formula is C29H34N2O5S2. The topological polar surface area (TPSA) is 79.1 Å². The molecule has 202 valence electrons. The third-order valence-corrected chi connectivity index (χ3v) is 8.00. The van der Waals surface area contributed by atoms with Crippen molar-refractivity contribution in [2.24, 2.45) is 10.9 Å². The second kappa shape index (κ2) is 12.6. The number of unbranched alkanes of at least 4 members (excludes halogenated alkanes) is 2. The molecule has 7 nitrogen and oxygen atoms in total. The van der Waals surface area contributed by atoms with Gasteiger partial charge < -0.3 is 14.2 Å². The summed E-state index contributed by atoms with van der Waals surface area (Å²) in [5, 5.41) is 1.94. The number of rotatable bonds is 11. The molecule has 0 N–H and O–H groups in total. The monoisotopic (exact) mass is 554 g/mol. The highest BCUT2D eigenvalue weighted by atomic mass is 32.1. The number of benzene rings is 1. The summed E-state index contributed by atoms with van der Waals surface area (Å²) >= 11 is 2.80. The van der Waals surface area contributed by atoms with Crippen molar-refractivity contribution >= 4 is 34.7 Å². The number of ether oxygens (including phenoxy) is 3. The molecule has 0 fully saturated rings. The standard InChI is InChI=1S/C29H34N2O5S2/c1-6-7-8-13-35-21-12-11-20(15-22(21)34-5)16-24-27(32)31-26(23-10-9-14-37-23)25(19(4)30-29(31)38-24)28(33)36-17-18(2)3/h9-12,14-16,18,26H,6-8,13,17H2,1-5H3/b24-16+/t26-/m0/s1. The molecule has 0 spiro atoms. The van der Waals surface area contributed by atoms with E-state index in [9.17, 15) is 9.59 Å². The van der Waals surface area contributed by atoms with Crippen molar-refractivity contribution in [3.8, 4) is 11.5 Å². The van der Waals surface area contributed by atoms with Gasteiger partial charge in [-0.05, 0) is 54.5 Å². The number of nitrogens with zero attached hydrogens (tertiary/aromatic N) is 2. The molecule has 0 saturated heterocycles. The number of thiophene rings is 1. The maximum absolute atomic E-state index is 13.7. The fourth-order valence-electron chi connectivity index (χ4n) is 4.20. The van der Waals surface area contributed by atoms with E-state index in [2.05, 4.69) is 11.9 Å². The Balaban J connectivity index is 1.73. The molecule has 0 unspecified atom stereocenters. The first-order chi connectivity index (χ1) is 18.3. The van der Waals surface area contributed by atoms with Crippen molar-refractivity contribution < 1.29 is 19.0 Å². The summed E-state index contributed by atoms with van der Waals surface area (Å²) < 4.78 is 19.2. The minimum atomic E-state index is -0.582. The molecule has 0 radical (unpaired) electrons. The van der Waals surface area contributed by atoms with Gasteiger partial charge in [-0.15, -0.1) is 11.3 Å². The lowest BCUT2D eigenvalue weighted by Gasteiger charge is -2.23. The zero-order chi connectivity index (χ0) is 27.2. The second-order valence-electron chi connectivity index (χ2n) is 9.56. The molecule has 0 saturated carbocycles. The summed E-state index contributed by atoms with van der Waals surface area (Å²) in [4.78, 5) is 33.0. The van der Waals surface area contributed by atoms with Crippen LogP contribution >= 0.6 is 22.7 Å². The van der Waals surface area contributed by atoms with Gasteiger partial charge in [0, 0.05) is 4.88 Å². The first-order valence-electron chi connectivity index (χ1n) is 12.9. The van der Waals surface area contributed by atoms with Crippen LogP contribution in [-0.2, 0) is 9.53 Å². The smallest absolute Gasteiger partial charge is 0.338 e. The first-order valence-corrected chi connectivity index (χ1v) is 14.6. The average Bonchev–Trinajstić information content (AvgIpc) is 3.53. The van der Waals surface area contributed by atoms with Gasteiger partial charge in [0.25, 0.3) is 5.56 Å². The fourth-order valence-corrected chi connectivity index (χ4v) is 6.07. The van der Waals surface area contributed by atoms with Crippen LogP contribution in [0.2, 0.25) is 0 Å². The van der Waals surface area contributed by atoms with Crippen molar-refractivity contribution in [2.75, 3.05) is 20.3 Å². The van der Waals surface area contributed by atoms with E-state index in [1.54, 1.807) is 18.6 Å². The summed E-state index contributed by atoms with van der Waals surface area (Å²) in [6, 6.07) is 8.92. The Morgan fingerprint density at radius 3 is 2.71 bits per heavy atom. The number of esters is 1. The Labute approximate surface area is 230 Å². The summed E-state index contributed by atoms with van der Waals surface area (Å²) in [5.74, 6) is 1.06. The third-order valence-electron chi connectivity index (χ3n) is 6.09. The molecular weight excluding hydrogens is 520 g/mol. The van der Waals surface area contributed by atoms with Gasteiger partial charge in [0.05, 0.1) is 36.1 Å². The van der Waals surface area contributed by atoms with Gasteiger partial charge in [-0.1, -0.05) is 57.1 Å². The first kappa shape index (κ1) is 27.9. The molecule has 4 rings (SSSR count). The van der Waals surface area contributed by atoms with Crippen molar-refractivity contribution in [1.82, 2.24) is 4.57 Å². The van der Waals surface area contributed by atoms with Crippen LogP contribution in [0, 0.1) is 5.92 Å². The molecule has 0 aliphatic carbocycles. The number of aromatic nitrogens is 1. The number of fused-ring (bicyclic) bond motifs is 1. The van der Waals surface area contributed by atoms with Crippen molar-refractivity contribution in [3.05, 3.63) is 77.1 Å². The van der Waals surface area contributed by atoms with Gasteiger partial charge in [0.15, 0.2) is 16.3 Å². The van der Waals surface area contributed by atoms with Crippen LogP contribution in [-0.4, -0.2) is 30.9 Å². The quantitative estimate of drug-likeness (QED) is 0.244. The molecule has 0 amide bonds. The molecule has 38 heavy (non-hydrogen) atoms. The summed E-state index contributed by atoms with van der Waals surface area (Å²) in [6.07, 6.45) is 5.06. The molecule has 3 heterocycles. The normalized spacial score (nSPS) is 15.4. The maximum Gasteiger partial charge on any atom is 0.338 e. The summed E-state index contributed by atoms with van der Waals surface area (Å²) in [5.41, 5.74) is 1.58. The van der Waals surface area contributed by atoms with E-state index in [0.717, 1.165) is 29.7 Å². The van der Waals surface area contributed by atoms with E-state index in [4.69, 9.17) is 14.2 Å². The molecule has 1 aromatic carbocycles. The SMILES string of the molecule is CCCCCOc1ccc(/C=c2/sc3n(c2=O)[C@@H](c2cccs2)C(C(=O)OCC(C)C)=C(C)N=3)cc1OC. The van der Waals surface area contributed by atoms with Gasteiger partial charge in [-0.3, -0.25) is 9.36 Å². The van der Waals surface area contributed by atoms with E-state index in [1.165, 1.54) is 22.7 Å². The Kier molecular flexibility index (Phi) is 9.22. The highest BCUT2D eigenvalue weighted by Crippen LogP contribution is 2.33. The summed E-state index contributed by atoms with van der Waals surface area (Å²) in [6.45, 7) is 8.86. The molecule has 0 bridgehead atoms. The van der Waals surface area contributed by atoms with Crippen LogP contribution in [0.3, 0.4) is 0 Å². The Morgan fingerprint density at radius 2 is 2.03 bits per heavy atom. The van der Waals surface area contributed by atoms with Gasteiger partial charge in [0.2, 0.25) is 0 Å². The van der Waals surface area contributed by atoms with Crippen molar-refractivity contribution in [1.29, 1.82) is 0 Å². The van der Waals surface area contributed by atoms with Gasteiger partial charge in [0.1, 0.15) is 6.04 Å². The zero-order valence-electron chi connectivity index (χ0n) is 22.5. The number of hydrogen-bond donors (Lipinski definition) is 0. The average molecular weight is 555 g/mol. The lowest BCUT2D eigenvalue weighted by molar-refractivity contribution is -0.140. The summed E-state index contributed by atoms with van der Waals surface area (Å²) in [7, 11) is 1.61. The Morgan fingerprint density at radius 1 is 1.21 bits per heavy atom. The third kappa shape index (κ3) is 6.10. The second-order valence-corrected chi connectivity index (χ2v) is 11.5. The molecule has 3 aromatic rings. The number of allylic oxidation sites excluding steroid dienone is 1. The molecule has 2 aromatic heterocycles. The number of carbonyl (C=O) groups is 1. The largest absolute Gasteiger partial charge is 0.493 e. The number of hydrogen-bond acceptors (Lipinski definition) is 8. The van der Waals surface area contributed by atoms with E-state index in [0.29, 0.717) is 45.3 Å². The predicted molar refractivity (Wildman–Crippen MR) is 152 cm³/mol. The van der Waals surface area contributed by atoms with E-state index in [-0.39, 0.29) is 11.5 Å². The highest BCUT2D eigenvalue weighted by Gasteiger charge is 2.34. The van der Waals surface area contributed by atoms with Gasteiger partial charge >= 0.3 is 5.97 Å². The zero-order valence-corrected chi connectivity index (χ0v) is 24.1. The number of thiazole rings is 1. The van der Waals surface area contributed by atoms with Crippen LogP contribution in [0.25, 0.3) is 6.08 Å². The number of methoxy groups -OCH3 is 1. The van der Waals surface area contributed by atoms with E-state index < -0.39 is 12.0 Å². The highest BCUT2D eigenvalue weighted by molar-refractivity contribution is 7.10. The van der Waals surface area contributed by atoms with Crippen LogP contribution in [0.1, 0.15) is 63.4 Å². The lowest BCUT2D eigenvalue weighted by atomic mass is 10.0. The fraction of sp³-hybridized carbons (Fsp3) is 0.414. The van der Waals surface area contributed by atoms with E-state index in [1.807, 2.05) is 55.6 Å². The van der Waals surface area contributed by atoms with Crippen molar-refractivity contribution in [3.63, 3.8) is 0 Å². The minimum Gasteiger partial charge on any atom is -0.493 e. The van der Waals surface area contributed by atoms with Crippen molar-refractivity contribution in [2.45, 2.75) is 53.0 Å². The molecule has 1 atom stereocenters. The number of carbonyl (C=O) groups excluding carboxylic acids is 1. The predicted octanol–water partition coefficient (Wildman–Crippen LogP) is 5.07. The van der Waals surface area contributed by atoms with Crippen LogP contribution < -0.4 is 24.4 Å². The maximum atomic E-state index is 13.7. The van der Waals surface area contributed by atoms with Crippen LogP contribution in [0.4, 0.5) is 0 Å². The Bertz CT molecular complexity index is 1480. The van der Waals surface area contributed by atoms with Gasteiger partial charge in [-0.25, -0.2) is 9.79 Å². The molecule has 1 aliphatic heterocycles. The van der Waals surface area contributed by atoms with Crippen LogP contribution in [0.15, 0.2) is 56.8 Å². The minimum absolute atomic E-state index is 0.200.